The van der Waals surface area contributed by atoms with E-state index in [4.69, 9.17) is 5.84 Å². The lowest BCUT2D eigenvalue weighted by Gasteiger charge is -2.10. The number of nitrogen functional groups attached to an aromatic ring is 1. The topological polar surface area (TPSA) is 75.9 Å². The quantitative estimate of drug-likeness (QED) is 0.506. The van der Waals surface area contributed by atoms with Gasteiger partial charge < -0.3 is 5.32 Å². The summed E-state index contributed by atoms with van der Waals surface area (Å²) >= 11 is 0. The molecule has 5 heteroatoms. The van der Waals surface area contributed by atoms with Crippen LogP contribution in [0.2, 0.25) is 0 Å². The fraction of sp³-hybridized carbons (Fsp3) is 0.125. The molecule has 1 heterocycles. The minimum atomic E-state index is 0.403. The van der Waals surface area contributed by atoms with Crippen molar-refractivity contribution in [1.82, 2.24) is 9.97 Å². The van der Waals surface area contributed by atoms with Gasteiger partial charge in [0.15, 0.2) is 0 Å². The highest BCUT2D eigenvalue weighted by Gasteiger charge is 2.06. The highest BCUT2D eigenvalue weighted by atomic mass is 15.3. The molecule has 0 atom stereocenters. The van der Waals surface area contributed by atoms with Gasteiger partial charge in [-0.15, -0.1) is 0 Å². The van der Waals surface area contributed by atoms with E-state index < -0.39 is 0 Å². The number of rotatable bonds is 4. The number of para-hydroxylation sites is 1. The van der Waals surface area contributed by atoms with Gasteiger partial charge in [-0.05, 0) is 24.6 Å². The number of anilines is 2. The number of hydrogen-bond acceptors (Lipinski definition) is 5. The second kappa shape index (κ2) is 5.76. The Morgan fingerprint density at radius 3 is 2.52 bits per heavy atom. The Labute approximate surface area is 123 Å². The zero-order valence-electron chi connectivity index (χ0n) is 11.8. The summed E-state index contributed by atoms with van der Waals surface area (Å²) in [4.78, 5) is 8.73. The van der Waals surface area contributed by atoms with Gasteiger partial charge in [0.1, 0.15) is 5.82 Å². The van der Waals surface area contributed by atoms with Crippen molar-refractivity contribution in [2.75, 3.05) is 10.7 Å². The fourth-order valence-corrected chi connectivity index (χ4v) is 2.17. The number of aromatic nitrogens is 2. The van der Waals surface area contributed by atoms with Crippen LogP contribution in [-0.4, -0.2) is 9.97 Å². The third-order valence-corrected chi connectivity index (χ3v) is 3.31. The molecule has 4 N–H and O–H groups in total. The monoisotopic (exact) mass is 279 g/mol. The summed E-state index contributed by atoms with van der Waals surface area (Å²) in [5.41, 5.74) is 5.81. The van der Waals surface area contributed by atoms with Gasteiger partial charge in [0.2, 0.25) is 5.95 Å². The van der Waals surface area contributed by atoms with Crippen LogP contribution in [0.25, 0.3) is 10.9 Å². The second-order valence-electron chi connectivity index (χ2n) is 4.90. The van der Waals surface area contributed by atoms with Gasteiger partial charge in [-0.3, -0.25) is 5.43 Å². The van der Waals surface area contributed by atoms with Crippen molar-refractivity contribution in [3.63, 3.8) is 0 Å². The molecule has 1 aromatic heterocycles. The molecule has 106 valence electrons. The van der Waals surface area contributed by atoms with Crippen LogP contribution in [0.4, 0.5) is 11.8 Å². The first kappa shape index (κ1) is 13.3. The Kier molecular flexibility index (Phi) is 3.66. The summed E-state index contributed by atoms with van der Waals surface area (Å²) in [5, 5.41) is 4.33. The molecule has 0 bridgehead atoms. The van der Waals surface area contributed by atoms with E-state index in [9.17, 15) is 0 Å². The van der Waals surface area contributed by atoms with Crippen LogP contribution in [0.5, 0.6) is 0 Å². The average molecular weight is 279 g/mol. The van der Waals surface area contributed by atoms with Crippen molar-refractivity contribution in [2.45, 2.75) is 13.5 Å². The van der Waals surface area contributed by atoms with Crippen LogP contribution < -0.4 is 16.6 Å². The number of nitrogens with two attached hydrogens (primary N) is 1. The lowest BCUT2D eigenvalue weighted by atomic mass is 10.1. The molecule has 21 heavy (non-hydrogen) atoms. The number of hydrogen-bond donors (Lipinski definition) is 3. The average Bonchev–Trinajstić information content (AvgIpc) is 2.53. The molecule has 0 radical (unpaired) electrons. The molecular formula is C16H17N5. The summed E-state index contributed by atoms with van der Waals surface area (Å²) in [5.74, 6) is 6.61. The largest absolute Gasteiger partial charge is 0.365 e. The zero-order valence-corrected chi connectivity index (χ0v) is 11.8. The number of hydrazine groups is 1. The van der Waals surface area contributed by atoms with Gasteiger partial charge in [0.05, 0.1) is 5.52 Å². The van der Waals surface area contributed by atoms with Crippen LogP contribution in [-0.2, 0) is 6.54 Å². The van der Waals surface area contributed by atoms with E-state index in [0.717, 1.165) is 16.7 Å². The first-order chi connectivity index (χ1) is 10.3. The second-order valence-corrected chi connectivity index (χ2v) is 4.90. The zero-order chi connectivity index (χ0) is 14.7. The van der Waals surface area contributed by atoms with Crippen molar-refractivity contribution in [3.8, 4) is 0 Å². The Bertz CT molecular complexity index is 752. The molecule has 0 saturated carbocycles. The smallest absolute Gasteiger partial charge is 0.239 e. The van der Waals surface area contributed by atoms with E-state index in [1.807, 2.05) is 24.3 Å². The van der Waals surface area contributed by atoms with Crippen LogP contribution in [0.3, 0.4) is 0 Å². The van der Waals surface area contributed by atoms with Crippen molar-refractivity contribution < 1.29 is 0 Å². The number of nitrogens with one attached hydrogen (secondary N) is 2. The summed E-state index contributed by atoms with van der Waals surface area (Å²) in [6.07, 6.45) is 0. The van der Waals surface area contributed by atoms with Crippen molar-refractivity contribution in [3.05, 3.63) is 59.7 Å². The predicted molar refractivity (Wildman–Crippen MR) is 85.9 cm³/mol. The van der Waals surface area contributed by atoms with E-state index in [0.29, 0.717) is 12.5 Å². The van der Waals surface area contributed by atoms with E-state index in [-0.39, 0.29) is 0 Å². The lowest BCUT2D eigenvalue weighted by molar-refractivity contribution is 1.09. The molecule has 5 nitrogen and oxygen atoms in total. The Morgan fingerprint density at radius 2 is 1.76 bits per heavy atom. The Balaban J connectivity index is 1.90. The summed E-state index contributed by atoms with van der Waals surface area (Å²) < 4.78 is 0. The molecule has 0 amide bonds. The summed E-state index contributed by atoms with van der Waals surface area (Å²) in [6.45, 7) is 2.78. The third kappa shape index (κ3) is 2.93. The number of aryl methyl sites for hydroxylation is 1. The Morgan fingerprint density at radius 1 is 1.00 bits per heavy atom. The minimum absolute atomic E-state index is 0.403. The minimum Gasteiger partial charge on any atom is -0.365 e. The highest BCUT2D eigenvalue weighted by molar-refractivity contribution is 5.89. The summed E-state index contributed by atoms with van der Waals surface area (Å²) in [7, 11) is 0. The molecule has 0 fully saturated rings. The van der Waals surface area contributed by atoms with Gasteiger partial charge in [-0.2, -0.15) is 4.98 Å². The van der Waals surface area contributed by atoms with Crippen LogP contribution in [0, 0.1) is 6.92 Å². The van der Waals surface area contributed by atoms with Gasteiger partial charge in [0, 0.05) is 11.9 Å². The van der Waals surface area contributed by atoms with E-state index >= 15 is 0 Å². The van der Waals surface area contributed by atoms with Crippen LogP contribution in [0.15, 0.2) is 48.5 Å². The standard InChI is InChI=1S/C16H17N5/c1-11-6-8-12(9-7-11)10-18-15-13-4-2-3-5-14(13)19-16(20-15)21-17/h2-9H,10,17H2,1H3,(H2,18,19,20,21). The first-order valence-electron chi connectivity index (χ1n) is 6.79. The summed E-state index contributed by atoms with van der Waals surface area (Å²) in [6, 6.07) is 16.3. The first-order valence-corrected chi connectivity index (χ1v) is 6.79. The highest BCUT2D eigenvalue weighted by Crippen LogP contribution is 2.22. The van der Waals surface area contributed by atoms with Gasteiger partial charge >= 0.3 is 0 Å². The maximum atomic E-state index is 5.43. The predicted octanol–water partition coefficient (Wildman–Crippen LogP) is 2.84. The number of nitrogens with zero attached hydrogens (tertiary/aromatic N) is 2. The van der Waals surface area contributed by atoms with Crippen molar-refractivity contribution in [1.29, 1.82) is 0 Å². The number of benzene rings is 2. The SMILES string of the molecule is Cc1ccc(CNc2nc(NN)nc3ccccc23)cc1. The Hall–Kier alpha value is -2.66. The molecule has 0 aliphatic carbocycles. The molecular weight excluding hydrogens is 262 g/mol. The van der Waals surface area contributed by atoms with E-state index in [2.05, 4.69) is 51.9 Å². The fourth-order valence-electron chi connectivity index (χ4n) is 2.17. The maximum absolute atomic E-state index is 5.43. The van der Waals surface area contributed by atoms with Crippen LogP contribution in [0.1, 0.15) is 11.1 Å². The number of fused-ring (bicyclic) bond motifs is 1. The molecule has 0 aliphatic heterocycles. The van der Waals surface area contributed by atoms with Gasteiger partial charge in [-0.25, -0.2) is 10.8 Å². The molecule has 0 aliphatic rings. The molecule has 2 aromatic carbocycles. The van der Waals surface area contributed by atoms with Crippen molar-refractivity contribution in [2.24, 2.45) is 5.84 Å². The molecule has 0 spiro atoms. The normalized spacial score (nSPS) is 10.6. The van der Waals surface area contributed by atoms with Crippen molar-refractivity contribution >= 4 is 22.7 Å². The molecule has 3 aromatic rings. The lowest BCUT2D eigenvalue weighted by Crippen LogP contribution is -2.12. The van der Waals surface area contributed by atoms with E-state index in [1.165, 1.54) is 11.1 Å². The van der Waals surface area contributed by atoms with Crippen LogP contribution >= 0.6 is 0 Å². The maximum Gasteiger partial charge on any atom is 0.239 e. The third-order valence-electron chi connectivity index (χ3n) is 3.31. The molecule has 3 rings (SSSR count). The van der Waals surface area contributed by atoms with E-state index in [1.54, 1.807) is 0 Å². The van der Waals surface area contributed by atoms with Gasteiger partial charge in [0.25, 0.3) is 0 Å². The van der Waals surface area contributed by atoms with Gasteiger partial charge in [-0.1, -0.05) is 42.0 Å². The molecule has 0 saturated heterocycles. The molecule has 0 unspecified atom stereocenters.